The Bertz CT molecular complexity index is 223. The van der Waals surface area contributed by atoms with Gasteiger partial charge in [0.25, 0.3) is 0 Å². The zero-order valence-electron chi connectivity index (χ0n) is 9.70. The van der Waals surface area contributed by atoms with Crippen molar-refractivity contribution in [2.45, 2.75) is 37.6 Å². The van der Waals surface area contributed by atoms with Gasteiger partial charge in [-0.05, 0) is 18.8 Å². The first-order valence-electron chi connectivity index (χ1n) is 5.55. The topological polar surface area (TPSA) is 29.5 Å². The van der Waals surface area contributed by atoms with E-state index in [9.17, 15) is 4.79 Å². The Hall–Kier alpha value is -0.0900. The van der Waals surface area contributed by atoms with Gasteiger partial charge in [-0.15, -0.1) is 0 Å². The number of methoxy groups -OCH3 is 1. The van der Waals surface area contributed by atoms with Crippen LogP contribution in [0.5, 0.6) is 0 Å². The van der Waals surface area contributed by atoms with Gasteiger partial charge in [0.1, 0.15) is 0 Å². The first-order chi connectivity index (χ1) is 7.10. The third-order valence-electron chi connectivity index (χ3n) is 3.13. The van der Waals surface area contributed by atoms with Crippen LogP contribution in [0.3, 0.4) is 0 Å². The van der Waals surface area contributed by atoms with Crippen molar-refractivity contribution in [3.05, 3.63) is 0 Å². The summed E-state index contributed by atoms with van der Waals surface area (Å²) in [4.78, 5) is 13.8. The van der Waals surface area contributed by atoms with Crippen molar-refractivity contribution in [1.82, 2.24) is 4.90 Å². The number of carbonyl (C=O) groups excluding carboxylic acids is 1. The molecule has 1 aliphatic heterocycles. The smallest absolute Gasteiger partial charge is 0.236 e. The molecule has 1 amide bonds. The minimum Gasteiger partial charge on any atom is -0.379 e. The molecule has 0 aromatic rings. The first-order valence-corrected chi connectivity index (χ1v) is 6.47. The number of alkyl halides is 1. The number of halogens is 1. The van der Waals surface area contributed by atoms with Crippen LogP contribution < -0.4 is 0 Å². The molecule has 0 N–H and O–H groups in total. The van der Waals surface area contributed by atoms with Gasteiger partial charge in [0.2, 0.25) is 5.91 Å². The van der Waals surface area contributed by atoms with Crippen LogP contribution in [0.25, 0.3) is 0 Å². The van der Waals surface area contributed by atoms with Gasteiger partial charge in [0, 0.05) is 20.2 Å². The lowest BCUT2D eigenvalue weighted by Crippen LogP contribution is -2.48. The van der Waals surface area contributed by atoms with Crippen LogP contribution in [0.15, 0.2) is 0 Å². The average Bonchev–Trinajstić information content (AvgIpc) is 2.27. The van der Waals surface area contributed by atoms with Gasteiger partial charge < -0.3 is 9.64 Å². The molecule has 1 heterocycles. The molecule has 0 aromatic heterocycles. The molecule has 0 spiro atoms. The molecule has 1 saturated heterocycles. The number of hydrogen-bond acceptors (Lipinski definition) is 2. The molecule has 3 unspecified atom stereocenters. The molecule has 0 radical (unpaired) electrons. The highest BCUT2D eigenvalue weighted by molar-refractivity contribution is 9.10. The second-order valence-electron chi connectivity index (χ2n) is 4.20. The lowest BCUT2D eigenvalue weighted by Gasteiger charge is -2.37. The van der Waals surface area contributed by atoms with Crippen molar-refractivity contribution in [3.63, 3.8) is 0 Å². The summed E-state index contributed by atoms with van der Waals surface area (Å²) in [5.74, 6) is 0.751. The van der Waals surface area contributed by atoms with E-state index in [1.807, 2.05) is 11.8 Å². The van der Waals surface area contributed by atoms with E-state index in [0.29, 0.717) is 5.92 Å². The van der Waals surface area contributed by atoms with Gasteiger partial charge in [-0.3, -0.25) is 4.79 Å². The first kappa shape index (κ1) is 13.0. The third-order valence-corrected chi connectivity index (χ3v) is 4.17. The molecule has 1 aliphatic rings. The molecule has 0 saturated carbocycles. The Morgan fingerprint density at radius 2 is 2.33 bits per heavy atom. The van der Waals surface area contributed by atoms with E-state index >= 15 is 0 Å². The summed E-state index contributed by atoms with van der Waals surface area (Å²) in [5.41, 5.74) is 0. The maximum absolute atomic E-state index is 11.9. The number of hydrogen-bond donors (Lipinski definition) is 0. The van der Waals surface area contributed by atoms with Crippen molar-refractivity contribution < 1.29 is 9.53 Å². The Kier molecular flexibility index (Phi) is 5.06. The van der Waals surface area contributed by atoms with Gasteiger partial charge in [-0.25, -0.2) is 0 Å². The van der Waals surface area contributed by atoms with E-state index in [1.54, 1.807) is 7.11 Å². The Labute approximate surface area is 100 Å². The van der Waals surface area contributed by atoms with E-state index in [-0.39, 0.29) is 16.8 Å². The molecular formula is C11H20BrNO2. The zero-order valence-corrected chi connectivity index (χ0v) is 11.3. The maximum atomic E-state index is 11.9. The summed E-state index contributed by atoms with van der Waals surface area (Å²) in [7, 11) is 1.72. The molecule has 0 bridgehead atoms. The minimum absolute atomic E-state index is 0.0385. The molecule has 1 fully saturated rings. The molecule has 4 heteroatoms. The summed E-state index contributed by atoms with van der Waals surface area (Å²) in [6, 6.07) is 0. The third kappa shape index (κ3) is 3.18. The molecular weight excluding hydrogens is 258 g/mol. The number of carbonyl (C=O) groups is 1. The van der Waals surface area contributed by atoms with Crippen LogP contribution in [-0.4, -0.2) is 41.9 Å². The zero-order chi connectivity index (χ0) is 11.4. The van der Waals surface area contributed by atoms with E-state index in [1.165, 1.54) is 0 Å². The van der Waals surface area contributed by atoms with E-state index in [0.717, 1.165) is 25.9 Å². The second-order valence-corrected chi connectivity index (χ2v) is 5.31. The molecule has 1 rings (SSSR count). The van der Waals surface area contributed by atoms with Gasteiger partial charge in [0.05, 0.1) is 10.9 Å². The van der Waals surface area contributed by atoms with Crippen LogP contribution >= 0.6 is 15.9 Å². The number of likely N-dealkylation sites (tertiary alicyclic amines) is 1. The highest BCUT2D eigenvalue weighted by atomic mass is 79.9. The van der Waals surface area contributed by atoms with Crippen LogP contribution in [0.2, 0.25) is 0 Å². The van der Waals surface area contributed by atoms with Gasteiger partial charge in [0.15, 0.2) is 0 Å². The number of nitrogens with zero attached hydrogens (tertiary/aromatic N) is 1. The average molecular weight is 278 g/mol. The number of amides is 1. The summed E-state index contributed by atoms with van der Waals surface area (Å²) in [5, 5.41) is 0. The highest BCUT2D eigenvalue weighted by Crippen LogP contribution is 2.21. The molecule has 88 valence electrons. The second kappa shape index (κ2) is 5.85. The predicted octanol–water partition coefficient (Wildman–Crippen LogP) is 2.04. The van der Waals surface area contributed by atoms with Crippen LogP contribution in [0.4, 0.5) is 0 Å². The molecule has 0 aliphatic carbocycles. The normalized spacial score (nSPS) is 28.9. The number of ether oxygens (including phenoxy) is 1. The van der Waals surface area contributed by atoms with Crippen molar-refractivity contribution in [3.8, 4) is 0 Å². The van der Waals surface area contributed by atoms with Crippen LogP contribution in [0, 0.1) is 5.92 Å². The molecule has 3 nitrogen and oxygen atoms in total. The number of piperidine rings is 1. The Morgan fingerprint density at radius 3 is 2.87 bits per heavy atom. The lowest BCUT2D eigenvalue weighted by atomic mass is 9.95. The van der Waals surface area contributed by atoms with Crippen LogP contribution in [0.1, 0.15) is 26.7 Å². The summed E-state index contributed by atoms with van der Waals surface area (Å²) < 4.78 is 5.39. The maximum Gasteiger partial charge on any atom is 0.236 e. The van der Waals surface area contributed by atoms with Gasteiger partial charge in [-0.2, -0.15) is 0 Å². The Morgan fingerprint density at radius 1 is 1.67 bits per heavy atom. The summed E-state index contributed by atoms with van der Waals surface area (Å²) in [6.07, 6.45) is 2.07. The van der Waals surface area contributed by atoms with Crippen molar-refractivity contribution in [1.29, 1.82) is 0 Å². The molecule has 3 atom stereocenters. The van der Waals surface area contributed by atoms with E-state index in [2.05, 4.69) is 22.9 Å². The van der Waals surface area contributed by atoms with Gasteiger partial charge >= 0.3 is 0 Å². The van der Waals surface area contributed by atoms with Crippen molar-refractivity contribution >= 4 is 21.8 Å². The van der Waals surface area contributed by atoms with Gasteiger partial charge in [-0.1, -0.05) is 29.8 Å². The fraction of sp³-hybridized carbons (Fsp3) is 0.909. The SMILES string of the molecule is CCC(Br)C(=O)N1CCC(C)C(OC)C1. The van der Waals surface area contributed by atoms with Crippen molar-refractivity contribution in [2.24, 2.45) is 5.92 Å². The Balaban J connectivity index is 2.54. The van der Waals surface area contributed by atoms with E-state index in [4.69, 9.17) is 4.74 Å². The lowest BCUT2D eigenvalue weighted by molar-refractivity contribution is -0.135. The number of rotatable bonds is 3. The van der Waals surface area contributed by atoms with E-state index < -0.39 is 0 Å². The highest BCUT2D eigenvalue weighted by Gasteiger charge is 2.30. The largest absolute Gasteiger partial charge is 0.379 e. The monoisotopic (exact) mass is 277 g/mol. The fourth-order valence-electron chi connectivity index (χ4n) is 1.91. The molecule has 15 heavy (non-hydrogen) atoms. The minimum atomic E-state index is -0.0385. The standard InChI is InChI=1S/C11H20BrNO2/c1-4-9(12)11(14)13-6-5-8(2)10(7-13)15-3/h8-10H,4-7H2,1-3H3. The molecule has 0 aromatic carbocycles. The quantitative estimate of drug-likeness (QED) is 0.739. The van der Waals surface area contributed by atoms with Crippen molar-refractivity contribution in [2.75, 3.05) is 20.2 Å². The predicted molar refractivity (Wildman–Crippen MR) is 64.2 cm³/mol. The summed E-state index contributed by atoms with van der Waals surface area (Å²) >= 11 is 3.40. The summed E-state index contributed by atoms with van der Waals surface area (Å²) in [6.45, 7) is 5.79. The fourth-order valence-corrected chi connectivity index (χ4v) is 2.20. The van der Waals surface area contributed by atoms with Crippen LogP contribution in [-0.2, 0) is 9.53 Å².